The summed E-state index contributed by atoms with van der Waals surface area (Å²) in [6.45, 7) is 3.41. The second-order valence-corrected chi connectivity index (χ2v) is 3.68. The maximum absolute atomic E-state index is 11.2. The van der Waals surface area contributed by atoms with Crippen LogP contribution in [0.1, 0.15) is 19.4 Å². The van der Waals surface area contributed by atoms with Crippen molar-refractivity contribution in [3.8, 4) is 0 Å². The molecule has 0 saturated carbocycles. The highest BCUT2D eigenvalue weighted by Crippen LogP contribution is 2.18. The fraction of sp³-hybridized carbons (Fsp3) is 0.333. The van der Waals surface area contributed by atoms with Crippen LogP contribution < -0.4 is 0 Å². The predicted octanol–water partition coefficient (Wildman–Crippen LogP) is 1.81. The number of carbonyl (C=O) groups is 1. The number of hydrogen-bond acceptors (Lipinski definition) is 3. The van der Waals surface area contributed by atoms with Gasteiger partial charge in [-0.3, -0.25) is 4.79 Å². The number of aliphatic imine (C=N–C) groups is 1. The lowest BCUT2D eigenvalue weighted by atomic mass is 10.1. The summed E-state index contributed by atoms with van der Waals surface area (Å²) in [5, 5.41) is 0. The molecule has 0 amide bonds. The highest BCUT2D eigenvalue weighted by Gasteiger charge is 2.30. The molecule has 0 unspecified atom stereocenters. The lowest BCUT2D eigenvalue weighted by Gasteiger charge is -2.08. The van der Waals surface area contributed by atoms with Crippen molar-refractivity contribution in [3.63, 3.8) is 0 Å². The summed E-state index contributed by atoms with van der Waals surface area (Å²) in [5.41, 5.74) is 0.924. The summed E-state index contributed by atoms with van der Waals surface area (Å²) >= 11 is 0. The van der Waals surface area contributed by atoms with Gasteiger partial charge < -0.3 is 4.74 Å². The number of ketones is 1. The molecule has 15 heavy (non-hydrogen) atoms. The topological polar surface area (TPSA) is 38.7 Å². The van der Waals surface area contributed by atoms with E-state index in [9.17, 15) is 4.79 Å². The fourth-order valence-corrected chi connectivity index (χ4v) is 1.65. The van der Waals surface area contributed by atoms with Gasteiger partial charge in [-0.15, -0.1) is 0 Å². The van der Waals surface area contributed by atoms with Crippen molar-refractivity contribution in [2.45, 2.75) is 26.0 Å². The third-order valence-electron chi connectivity index (χ3n) is 2.44. The summed E-state index contributed by atoms with van der Waals surface area (Å²) < 4.78 is 5.55. The van der Waals surface area contributed by atoms with Crippen LogP contribution in [0.3, 0.4) is 0 Å². The van der Waals surface area contributed by atoms with Gasteiger partial charge in [-0.2, -0.15) is 0 Å². The van der Waals surface area contributed by atoms with Crippen molar-refractivity contribution in [1.82, 2.24) is 0 Å². The van der Waals surface area contributed by atoms with Crippen LogP contribution in [-0.4, -0.2) is 23.8 Å². The first-order valence-electron chi connectivity index (χ1n) is 4.99. The van der Waals surface area contributed by atoms with E-state index in [2.05, 4.69) is 4.99 Å². The minimum absolute atomic E-state index is 0.0495. The number of hydrogen-bond donors (Lipinski definition) is 0. The van der Waals surface area contributed by atoms with Gasteiger partial charge in [0.1, 0.15) is 12.1 Å². The Kier molecular flexibility index (Phi) is 2.54. The minimum atomic E-state index is -0.347. The average Bonchev–Trinajstić information content (AvgIpc) is 2.62. The third-order valence-corrected chi connectivity index (χ3v) is 2.44. The lowest BCUT2D eigenvalue weighted by molar-refractivity contribution is -0.119. The van der Waals surface area contributed by atoms with Crippen molar-refractivity contribution in [1.29, 1.82) is 0 Å². The van der Waals surface area contributed by atoms with Crippen LogP contribution in [0.25, 0.3) is 0 Å². The molecule has 1 heterocycles. The predicted molar refractivity (Wildman–Crippen MR) is 58.0 cm³/mol. The first kappa shape index (κ1) is 9.90. The monoisotopic (exact) mass is 203 g/mol. The number of carbonyl (C=O) groups excluding carboxylic acids is 1. The molecule has 78 valence electrons. The molecule has 0 aromatic heterocycles. The number of ether oxygens (including phenoxy) is 1. The Morgan fingerprint density at radius 1 is 1.33 bits per heavy atom. The van der Waals surface area contributed by atoms with E-state index in [1.807, 2.05) is 37.3 Å². The van der Waals surface area contributed by atoms with Crippen LogP contribution in [0.5, 0.6) is 0 Å². The second-order valence-electron chi connectivity index (χ2n) is 3.68. The molecule has 2 atom stereocenters. The zero-order chi connectivity index (χ0) is 10.8. The van der Waals surface area contributed by atoms with Gasteiger partial charge in [0.2, 0.25) is 5.90 Å². The van der Waals surface area contributed by atoms with E-state index in [0.717, 1.165) is 5.56 Å². The smallest absolute Gasteiger partial charge is 0.217 e. The molecular formula is C12H13NO2. The third kappa shape index (κ3) is 1.91. The highest BCUT2D eigenvalue weighted by atomic mass is 16.5. The van der Waals surface area contributed by atoms with Crippen molar-refractivity contribution < 1.29 is 9.53 Å². The first-order chi connectivity index (χ1) is 7.18. The molecule has 0 aliphatic carbocycles. The standard InChI is InChI=1S/C12H13NO2/c1-8(14)11-9(2)15-12(13-11)10-6-4-3-5-7-10/h3-7,9,11H,1-2H3/t9-,11-/m0/s1. The molecule has 1 aromatic carbocycles. The van der Waals surface area contributed by atoms with Crippen LogP contribution in [-0.2, 0) is 9.53 Å². The Morgan fingerprint density at radius 3 is 2.53 bits per heavy atom. The highest BCUT2D eigenvalue weighted by molar-refractivity contribution is 5.98. The van der Waals surface area contributed by atoms with E-state index in [4.69, 9.17) is 4.74 Å². The minimum Gasteiger partial charge on any atom is -0.472 e. The summed E-state index contributed by atoms with van der Waals surface area (Å²) in [6.07, 6.45) is -0.155. The van der Waals surface area contributed by atoms with Gasteiger partial charge in [-0.25, -0.2) is 4.99 Å². The van der Waals surface area contributed by atoms with Crippen LogP contribution in [0.4, 0.5) is 0 Å². The molecule has 0 fully saturated rings. The van der Waals surface area contributed by atoms with Crippen molar-refractivity contribution in [2.75, 3.05) is 0 Å². The molecule has 1 aliphatic rings. The van der Waals surface area contributed by atoms with E-state index in [1.165, 1.54) is 0 Å². The molecule has 3 nitrogen and oxygen atoms in total. The summed E-state index contributed by atoms with van der Waals surface area (Å²) in [6, 6.07) is 9.28. The van der Waals surface area contributed by atoms with Crippen LogP contribution in [0, 0.1) is 0 Å². The first-order valence-corrected chi connectivity index (χ1v) is 4.99. The van der Waals surface area contributed by atoms with E-state index in [1.54, 1.807) is 6.92 Å². The maximum Gasteiger partial charge on any atom is 0.217 e. The zero-order valence-electron chi connectivity index (χ0n) is 8.81. The molecule has 0 radical (unpaired) electrons. The number of benzene rings is 1. The SMILES string of the molecule is CC(=O)[C@@H]1N=C(c2ccccc2)O[C@H]1C. The molecule has 0 N–H and O–H groups in total. The Hall–Kier alpha value is -1.64. The van der Waals surface area contributed by atoms with Crippen LogP contribution in [0.2, 0.25) is 0 Å². The number of rotatable bonds is 2. The van der Waals surface area contributed by atoms with Crippen molar-refractivity contribution in [3.05, 3.63) is 35.9 Å². The van der Waals surface area contributed by atoms with E-state index in [-0.39, 0.29) is 17.9 Å². The van der Waals surface area contributed by atoms with Crippen molar-refractivity contribution in [2.24, 2.45) is 4.99 Å². The normalized spacial score (nSPS) is 24.5. The fourth-order valence-electron chi connectivity index (χ4n) is 1.65. The van der Waals surface area contributed by atoms with E-state index in [0.29, 0.717) is 5.90 Å². The molecule has 3 heteroatoms. The summed E-state index contributed by atoms with van der Waals surface area (Å²) in [4.78, 5) is 15.5. The zero-order valence-corrected chi connectivity index (χ0v) is 8.81. The summed E-state index contributed by atoms with van der Waals surface area (Å²) in [5.74, 6) is 0.622. The van der Waals surface area contributed by atoms with Gasteiger partial charge in [-0.05, 0) is 26.0 Å². The molecule has 2 rings (SSSR count). The van der Waals surface area contributed by atoms with Gasteiger partial charge in [-0.1, -0.05) is 18.2 Å². The van der Waals surface area contributed by atoms with Gasteiger partial charge in [0.05, 0.1) is 0 Å². The largest absolute Gasteiger partial charge is 0.472 e. The van der Waals surface area contributed by atoms with Gasteiger partial charge in [0.25, 0.3) is 0 Å². The molecule has 0 spiro atoms. The Morgan fingerprint density at radius 2 is 2.00 bits per heavy atom. The molecule has 1 aliphatic heterocycles. The lowest BCUT2D eigenvalue weighted by Crippen LogP contribution is -2.25. The van der Waals surface area contributed by atoms with Crippen LogP contribution >= 0.6 is 0 Å². The number of Topliss-reactive ketones (excluding diaryl/α,β-unsaturated/α-hetero) is 1. The van der Waals surface area contributed by atoms with Gasteiger partial charge in [0, 0.05) is 5.56 Å². The average molecular weight is 203 g/mol. The van der Waals surface area contributed by atoms with E-state index < -0.39 is 0 Å². The molecular weight excluding hydrogens is 190 g/mol. The Balaban J connectivity index is 2.27. The Bertz CT molecular complexity index is 397. The molecule has 0 saturated heterocycles. The quantitative estimate of drug-likeness (QED) is 0.735. The van der Waals surface area contributed by atoms with Gasteiger partial charge >= 0.3 is 0 Å². The second kappa shape index (κ2) is 3.85. The molecule has 1 aromatic rings. The Labute approximate surface area is 88.8 Å². The van der Waals surface area contributed by atoms with Crippen LogP contribution in [0.15, 0.2) is 35.3 Å². The van der Waals surface area contributed by atoms with Gasteiger partial charge in [0.15, 0.2) is 5.78 Å². The summed E-state index contributed by atoms with van der Waals surface area (Å²) in [7, 11) is 0. The maximum atomic E-state index is 11.2. The molecule has 0 bridgehead atoms. The van der Waals surface area contributed by atoms with E-state index >= 15 is 0 Å². The van der Waals surface area contributed by atoms with Crippen molar-refractivity contribution >= 4 is 11.7 Å². The number of nitrogens with zero attached hydrogens (tertiary/aromatic N) is 1.